The lowest BCUT2D eigenvalue weighted by atomic mass is 10.1. The Kier molecular flexibility index (Phi) is 6.72. The lowest BCUT2D eigenvalue weighted by molar-refractivity contribution is 0.195. The van der Waals surface area contributed by atoms with Gasteiger partial charge in [-0.15, -0.1) is 11.3 Å². The van der Waals surface area contributed by atoms with Gasteiger partial charge in [0.1, 0.15) is 10.8 Å². The first-order valence-electron chi connectivity index (χ1n) is 9.09. The first-order chi connectivity index (χ1) is 13.5. The van der Waals surface area contributed by atoms with Gasteiger partial charge in [0.25, 0.3) is 0 Å². The molecule has 5 N–H and O–H groups in total. The third kappa shape index (κ3) is 5.37. The second-order valence-corrected chi connectivity index (χ2v) is 7.50. The molecule has 0 aliphatic carbocycles. The van der Waals surface area contributed by atoms with Crippen molar-refractivity contribution in [3.8, 4) is 21.9 Å². The maximum Gasteiger partial charge on any atom is 0.412 e. The Labute approximate surface area is 167 Å². The fraction of sp³-hybridized carbons (Fsp3) is 0.368. The fourth-order valence-corrected chi connectivity index (χ4v) is 3.98. The van der Waals surface area contributed by atoms with Crippen LogP contribution in [-0.4, -0.2) is 38.4 Å². The second-order valence-electron chi connectivity index (χ2n) is 6.45. The number of carbonyl (C=O) groups is 2. The highest BCUT2D eigenvalue weighted by Crippen LogP contribution is 2.41. The maximum absolute atomic E-state index is 12.3. The molecule has 0 unspecified atom stereocenters. The zero-order valence-electron chi connectivity index (χ0n) is 15.6. The number of nitrogens with two attached hydrogens (primary N) is 1. The number of primary amides is 1. The SMILES string of the molecule is COc1ccc(-c2cc(OC(=O)N[C@@H]3CCCCNC3)c(NC(N)=O)s2)cc1. The number of ether oxygens (including phenoxy) is 2. The molecule has 3 amide bonds. The summed E-state index contributed by atoms with van der Waals surface area (Å²) >= 11 is 1.28. The van der Waals surface area contributed by atoms with E-state index in [1.165, 1.54) is 11.3 Å². The molecule has 1 aliphatic rings. The number of thiophene rings is 1. The number of amides is 3. The molecule has 3 rings (SSSR count). The van der Waals surface area contributed by atoms with Crippen LogP contribution in [0.25, 0.3) is 10.4 Å². The van der Waals surface area contributed by atoms with Crippen molar-refractivity contribution >= 4 is 28.5 Å². The van der Waals surface area contributed by atoms with Gasteiger partial charge in [-0.05, 0) is 49.2 Å². The highest BCUT2D eigenvalue weighted by molar-refractivity contribution is 7.20. The number of hydrogen-bond donors (Lipinski definition) is 4. The Morgan fingerprint density at radius 1 is 1.25 bits per heavy atom. The zero-order valence-corrected chi connectivity index (χ0v) is 16.4. The molecule has 1 saturated heterocycles. The molecule has 2 aromatic rings. The Morgan fingerprint density at radius 3 is 2.75 bits per heavy atom. The molecule has 1 aromatic carbocycles. The number of urea groups is 1. The van der Waals surface area contributed by atoms with Gasteiger partial charge in [-0.2, -0.15) is 0 Å². The summed E-state index contributed by atoms with van der Waals surface area (Å²) in [6.07, 6.45) is 2.48. The van der Waals surface area contributed by atoms with Crippen molar-refractivity contribution < 1.29 is 19.1 Å². The maximum atomic E-state index is 12.3. The van der Waals surface area contributed by atoms with Crippen LogP contribution in [-0.2, 0) is 0 Å². The van der Waals surface area contributed by atoms with Crippen molar-refractivity contribution in [1.82, 2.24) is 10.6 Å². The van der Waals surface area contributed by atoms with Crippen molar-refractivity contribution in [1.29, 1.82) is 0 Å². The topological polar surface area (TPSA) is 115 Å². The molecule has 1 fully saturated rings. The third-order valence-electron chi connectivity index (χ3n) is 4.38. The molecule has 0 radical (unpaired) electrons. The van der Waals surface area contributed by atoms with Gasteiger partial charge >= 0.3 is 12.1 Å². The largest absolute Gasteiger partial charge is 0.497 e. The highest BCUT2D eigenvalue weighted by Gasteiger charge is 2.19. The summed E-state index contributed by atoms with van der Waals surface area (Å²) in [7, 11) is 1.60. The molecule has 9 heteroatoms. The van der Waals surface area contributed by atoms with E-state index in [1.807, 2.05) is 24.3 Å². The molecule has 150 valence electrons. The van der Waals surface area contributed by atoms with E-state index < -0.39 is 12.1 Å². The van der Waals surface area contributed by atoms with E-state index in [9.17, 15) is 9.59 Å². The van der Waals surface area contributed by atoms with Gasteiger partial charge in [0.15, 0.2) is 5.75 Å². The van der Waals surface area contributed by atoms with E-state index in [-0.39, 0.29) is 11.8 Å². The van der Waals surface area contributed by atoms with Crippen LogP contribution >= 0.6 is 11.3 Å². The van der Waals surface area contributed by atoms with Gasteiger partial charge in [-0.25, -0.2) is 9.59 Å². The van der Waals surface area contributed by atoms with E-state index in [4.69, 9.17) is 15.2 Å². The predicted molar refractivity (Wildman–Crippen MR) is 109 cm³/mol. The Hall–Kier alpha value is -2.78. The van der Waals surface area contributed by atoms with Crippen molar-refractivity contribution in [2.75, 3.05) is 25.5 Å². The molecule has 1 atom stereocenters. The van der Waals surface area contributed by atoms with Gasteiger partial charge in [-0.1, -0.05) is 6.42 Å². The normalized spacial score (nSPS) is 16.7. The average molecular weight is 404 g/mol. The third-order valence-corrected chi connectivity index (χ3v) is 5.46. The quantitative estimate of drug-likeness (QED) is 0.611. The van der Waals surface area contributed by atoms with E-state index in [0.717, 1.165) is 42.0 Å². The van der Waals surface area contributed by atoms with Gasteiger partial charge < -0.3 is 25.8 Å². The molecule has 1 aromatic heterocycles. The van der Waals surface area contributed by atoms with Crippen LogP contribution in [0.3, 0.4) is 0 Å². The number of methoxy groups -OCH3 is 1. The second kappa shape index (κ2) is 9.43. The lowest BCUT2D eigenvalue weighted by Crippen LogP contribution is -2.42. The summed E-state index contributed by atoms with van der Waals surface area (Å²) in [6, 6.07) is 8.45. The molecule has 0 spiro atoms. The van der Waals surface area contributed by atoms with Crippen molar-refractivity contribution in [3.63, 3.8) is 0 Å². The van der Waals surface area contributed by atoms with E-state index >= 15 is 0 Å². The minimum absolute atomic E-state index is 0.0160. The Balaban J connectivity index is 1.75. The van der Waals surface area contributed by atoms with Gasteiger partial charge in [-0.3, -0.25) is 5.32 Å². The van der Waals surface area contributed by atoms with Gasteiger partial charge in [0, 0.05) is 23.5 Å². The van der Waals surface area contributed by atoms with Crippen molar-refractivity contribution in [2.24, 2.45) is 5.73 Å². The van der Waals surface area contributed by atoms with Gasteiger partial charge in [0.05, 0.1) is 7.11 Å². The number of carbonyl (C=O) groups excluding carboxylic acids is 2. The zero-order chi connectivity index (χ0) is 19.9. The van der Waals surface area contributed by atoms with Crippen LogP contribution in [0.4, 0.5) is 14.6 Å². The molecule has 28 heavy (non-hydrogen) atoms. The minimum atomic E-state index is -0.721. The first-order valence-corrected chi connectivity index (χ1v) is 9.90. The van der Waals surface area contributed by atoms with Crippen molar-refractivity contribution in [2.45, 2.75) is 25.3 Å². The smallest absolute Gasteiger partial charge is 0.412 e. The highest BCUT2D eigenvalue weighted by atomic mass is 32.1. The molecule has 1 aliphatic heterocycles. The number of benzene rings is 1. The van der Waals surface area contributed by atoms with Crippen LogP contribution in [0.2, 0.25) is 0 Å². The lowest BCUT2D eigenvalue weighted by Gasteiger charge is -2.16. The van der Waals surface area contributed by atoms with Crippen molar-refractivity contribution in [3.05, 3.63) is 30.3 Å². The van der Waals surface area contributed by atoms with Crippen LogP contribution in [0.1, 0.15) is 19.3 Å². The number of nitrogens with one attached hydrogen (secondary N) is 3. The standard InChI is InChI=1S/C19H24N4O4S/c1-26-14-7-5-12(6-8-14)16-10-15(17(28-16)23-18(20)24)27-19(25)22-13-4-2-3-9-21-11-13/h5-8,10,13,21H,2-4,9,11H2,1H3,(H,22,25)(H3,20,23,24)/t13-/m1/s1. The molecular weight excluding hydrogens is 380 g/mol. The molecule has 0 bridgehead atoms. The first kappa shape index (κ1) is 20.0. The Bertz CT molecular complexity index is 814. The summed E-state index contributed by atoms with van der Waals surface area (Å²) in [6.45, 7) is 1.66. The summed E-state index contributed by atoms with van der Waals surface area (Å²) in [5, 5.41) is 9.06. The van der Waals surface area contributed by atoms with E-state index in [0.29, 0.717) is 11.5 Å². The average Bonchev–Trinajstić information content (AvgIpc) is 2.88. The van der Waals surface area contributed by atoms with Gasteiger partial charge in [0.2, 0.25) is 0 Å². The predicted octanol–water partition coefficient (Wildman–Crippen LogP) is 3.14. The van der Waals surface area contributed by atoms with Crippen LogP contribution in [0.15, 0.2) is 30.3 Å². The van der Waals surface area contributed by atoms with Crippen LogP contribution in [0.5, 0.6) is 11.5 Å². The Morgan fingerprint density at radius 2 is 2.04 bits per heavy atom. The monoisotopic (exact) mass is 404 g/mol. The summed E-state index contributed by atoms with van der Waals surface area (Å²) < 4.78 is 10.6. The molecule has 2 heterocycles. The van der Waals surface area contributed by atoms with Crippen LogP contribution in [0, 0.1) is 0 Å². The number of hydrogen-bond acceptors (Lipinski definition) is 6. The fourth-order valence-electron chi connectivity index (χ4n) is 2.98. The summed E-state index contributed by atoms with van der Waals surface area (Å²) in [5.41, 5.74) is 6.16. The number of rotatable bonds is 5. The molecule has 8 nitrogen and oxygen atoms in total. The molecule has 0 saturated carbocycles. The number of anilines is 1. The van der Waals surface area contributed by atoms with Crippen LogP contribution < -0.4 is 31.2 Å². The molecular formula is C19H24N4O4S. The van der Waals surface area contributed by atoms with E-state index in [1.54, 1.807) is 13.2 Å². The van der Waals surface area contributed by atoms with E-state index in [2.05, 4.69) is 16.0 Å². The summed E-state index contributed by atoms with van der Waals surface area (Å²) in [5.74, 6) is 0.998. The summed E-state index contributed by atoms with van der Waals surface area (Å²) in [4.78, 5) is 24.5. The minimum Gasteiger partial charge on any atom is -0.497 e.